The summed E-state index contributed by atoms with van der Waals surface area (Å²) >= 11 is 6.51. The molecule has 5 rings (SSSR count). The van der Waals surface area contributed by atoms with Crippen molar-refractivity contribution in [3.63, 3.8) is 0 Å². The first-order chi connectivity index (χ1) is 18.2. The zero-order chi connectivity index (χ0) is 26.9. The van der Waals surface area contributed by atoms with E-state index in [4.69, 9.17) is 21.3 Å². The van der Waals surface area contributed by atoms with Gasteiger partial charge in [-0.3, -0.25) is 4.98 Å². The number of hydrogen-bond acceptors (Lipinski definition) is 4. The lowest BCUT2D eigenvalue weighted by Crippen LogP contribution is -2.42. The van der Waals surface area contributed by atoms with Crippen LogP contribution in [0, 0.1) is 12.8 Å². The van der Waals surface area contributed by atoms with Gasteiger partial charge in [-0.25, -0.2) is 9.78 Å². The van der Waals surface area contributed by atoms with E-state index in [-0.39, 0.29) is 12.0 Å². The van der Waals surface area contributed by atoms with Crippen LogP contribution in [-0.2, 0) is 11.3 Å². The number of ether oxygens (including phenoxy) is 1. The molecule has 38 heavy (non-hydrogen) atoms. The number of hydrogen-bond donors (Lipinski definition) is 0. The summed E-state index contributed by atoms with van der Waals surface area (Å²) in [4.78, 5) is 23.9. The Bertz CT molecular complexity index is 1330. The molecule has 3 aromatic rings. The number of imidazole rings is 1. The summed E-state index contributed by atoms with van der Waals surface area (Å²) in [6.45, 7) is 10.1. The van der Waals surface area contributed by atoms with E-state index in [0.717, 1.165) is 48.8 Å². The van der Waals surface area contributed by atoms with Gasteiger partial charge in [-0.05, 0) is 99.8 Å². The number of halogens is 1. The second-order valence-electron chi connectivity index (χ2n) is 11.4. The number of amides is 1. The molecule has 1 aliphatic heterocycles. The molecule has 200 valence electrons. The monoisotopic (exact) mass is 532 g/mol. The molecule has 1 aliphatic carbocycles. The van der Waals surface area contributed by atoms with E-state index in [1.54, 1.807) is 0 Å². The molecule has 1 fully saturated rings. The van der Waals surface area contributed by atoms with Crippen molar-refractivity contribution in [1.29, 1.82) is 0 Å². The first-order valence-electron chi connectivity index (χ1n) is 13.6. The third-order valence-electron chi connectivity index (χ3n) is 7.62. The number of aryl methyl sites for hydroxylation is 2. The number of piperidine rings is 1. The fourth-order valence-electron chi connectivity index (χ4n) is 5.81. The maximum Gasteiger partial charge on any atom is 0.410 e. The fraction of sp³-hybridized carbons (Fsp3) is 0.452. The quantitative estimate of drug-likeness (QED) is 0.344. The van der Waals surface area contributed by atoms with Gasteiger partial charge in [-0.1, -0.05) is 29.8 Å². The number of likely N-dealkylation sites (tertiary alicyclic amines) is 1. The largest absolute Gasteiger partial charge is 0.444 e. The molecule has 0 bridgehead atoms. The van der Waals surface area contributed by atoms with E-state index >= 15 is 0 Å². The van der Waals surface area contributed by atoms with E-state index in [9.17, 15) is 4.79 Å². The summed E-state index contributed by atoms with van der Waals surface area (Å²) in [6.07, 6.45) is 11.7. The van der Waals surface area contributed by atoms with E-state index in [2.05, 4.69) is 33.8 Å². The number of benzene rings is 1. The van der Waals surface area contributed by atoms with Crippen LogP contribution >= 0.6 is 11.6 Å². The number of nitrogens with zero attached hydrogens (tertiary/aromatic N) is 4. The molecular formula is C31H37ClN4O2. The number of carbonyl (C=O) groups excluding carboxylic acids is 1. The Balaban J connectivity index is 1.42. The Kier molecular flexibility index (Phi) is 7.62. The van der Waals surface area contributed by atoms with Gasteiger partial charge in [0.05, 0.1) is 5.69 Å². The van der Waals surface area contributed by atoms with Crippen LogP contribution in [0.15, 0.2) is 48.9 Å². The van der Waals surface area contributed by atoms with Crippen LogP contribution in [0.2, 0.25) is 5.02 Å². The van der Waals surface area contributed by atoms with Crippen LogP contribution in [0.4, 0.5) is 4.79 Å². The maximum atomic E-state index is 12.7. The molecule has 0 spiro atoms. The lowest BCUT2D eigenvalue weighted by atomic mass is 9.76. The zero-order valence-electron chi connectivity index (χ0n) is 22.8. The fourth-order valence-corrected chi connectivity index (χ4v) is 5.99. The van der Waals surface area contributed by atoms with Gasteiger partial charge in [0, 0.05) is 49.2 Å². The Morgan fingerprint density at radius 2 is 1.92 bits per heavy atom. The number of fused-ring (bicyclic) bond motifs is 2. The van der Waals surface area contributed by atoms with E-state index in [0.29, 0.717) is 19.0 Å². The standard InChI is InChI=1S/C31H37ClN4O2/c1-21-33-14-18-35(21)15-6-7-23-19-24-20-25(32)9-10-26(24)28(29-27(23)8-5-13-34-29)22-11-16-36(17-12-22)30(37)38-31(2,3)4/h5,8-10,13-14,18-20,22,28H,6-7,11-12,15-17H2,1-4H3. The number of rotatable bonds is 5. The summed E-state index contributed by atoms with van der Waals surface area (Å²) < 4.78 is 7.84. The van der Waals surface area contributed by atoms with Crippen LogP contribution in [0.5, 0.6) is 0 Å². The smallest absolute Gasteiger partial charge is 0.410 e. The second kappa shape index (κ2) is 10.9. The first kappa shape index (κ1) is 26.5. The second-order valence-corrected chi connectivity index (χ2v) is 11.9. The minimum atomic E-state index is -0.491. The summed E-state index contributed by atoms with van der Waals surface area (Å²) in [5, 5.41) is 0.741. The molecule has 0 radical (unpaired) electrons. The van der Waals surface area contributed by atoms with Crippen LogP contribution in [0.3, 0.4) is 0 Å². The molecular weight excluding hydrogens is 496 g/mol. The van der Waals surface area contributed by atoms with Crippen molar-refractivity contribution in [3.8, 4) is 0 Å². The third-order valence-corrected chi connectivity index (χ3v) is 7.86. The minimum absolute atomic E-state index is 0.142. The molecule has 7 heteroatoms. The number of aromatic nitrogens is 3. The number of carbonyl (C=O) groups is 1. The molecule has 0 N–H and O–H groups in total. The minimum Gasteiger partial charge on any atom is -0.444 e. The van der Waals surface area contributed by atoms with Crippen molar-refractivity contribution in [2.24, 2.45) is 5.92 Å². The van der Waals surface area contributed by atoms with Crippen LogP contribution in [-0.4, -0.2) is 44.2 Å². The molecule has 6 nitrogen and oxygen atoms in total. The van der Waals surface area contributed by atoms with Gasteiger partial charge >= 0.3 is 6.09 Å². The maximum absolute atomic E-state index is 12.7. The SMILES string of the molecule is Cc1nccn1CCCC1=Cc2cc(Cl)ccc2C(C2CCN(C(=O)OC(C)(C)C)CC2)c2ncccc21. The summed E-state index contributed by atoms with van der Waals surface area (Å²) in [6, 6.07) is 10.5. The van der Waals surface area contributed by atoms with Crippen molar-refractivity contribution < 1.29 is 9.53 Å². The van der Waals surface area contributed by atoms with Crippen LogP contribution < -0.4 is 0 Å². The Labute approximate surface area is 230 Å². The summed E-state index contributed by atoms with van der Waals surface area (Å²) in [5.74, 6) is 1.55. The van der Waals surface area contributed by atoms with Gasteiger partial charge in [0.25, 0.3) is 0 Å². The average Bonchev–Trinajstić information content (AvgIpc) is 3.23. The van der Waals surface area contributed by atoms with Gasteiger partial charge in [0.1, 0.15) is 11.4 Å². The van der Waals surface area contributed by atoms with E-state index < -0.39 is 5.60 Å². The van der Waals surface area contributed by atoms with Crippen molar-refractivity contribution in [2.75, 3.05) is 13.1 Å². The molecule has 2 aromatic heterocycles. The molecule has 2 aliphatic rings. The lowest BCUT2D eigenvalue weighted by Gasteiger charge is -2.37. The van der Waals surface area contributed by atoms with Gasteiger partial charge in [0.2, 0.25) is 0 Å². The Morgan fingerprint density at radius 1 is 1.13 bits per heavy atom. The predicted molar refractivity (Wildman–Crippen MR) is 152 cm³/mol. The van der Waals surface area contributed by atoms with Gasteiger partial charge < -0.3 is 14.2 Å². The lowest BCUT2D eigenvalue weighted by molar-refractivity contribution is 0.0178. The van der Waals surface area contributed by atoms with Crippen molar-refractivity contribution in [1.82, 2.24) is 19.4 Å². The molecule has 1 unspecified atom stereocenters. The zero-order valence-corrected chi connectivity index (χ0v) is 23.5. The van der Waals surface area contributed by atoms with Crippen molar-refractivity contribution >= 4 is 29.3 Å². The van der Waals surface area contributed by atoms with Gasteiger partial charge in [-0.2, -0.15) is 0 Å². The predicted octanol–water partition coefficient (Wildman–Crippen LogP) is 7.35. The normalized spacial score (nSPS) is 17.9. The molecule has 3 heterocycles. The van der Waals surface area contributed by atoms with E-state index in [1.807, 2.05) is 63.3 Å². The average molecular weight is 533 g/mol. The van der Waals surface area contributed by atoms with Gasteiger partial charge in [-0.15, -0.1) is 0 Å². The van der Waals surface area contributed by atoms with E-state index in [1.165, 1.54) is 22.3 Å². The highest BCUT2D eigenvalue weighted by molar-refractivity contribution is 6.30. The highest BCUT2D eigenvalue weighted by Crippen LogP contribution is 2.45. The number of allylic oxidation sites excluding steroid dienone is 1. The first-order valence-corrected chi connectivity index (χ1v) is 14.0. The molecule has 1 aromatic carbocycles. The molecule has 1 amide bonds. The Hall–Kier alpha value is -3.12. The summed E-state index contributed by atoms with van der Waals surface area (Å²) in [5.41, 5.74) is 5.60. The molecule has 1 atom stereocenters. The van der Waals surface area contributed by atoms with Gasteiger partial charge in [0.15, 0.2) is 0 Å². The van der Waals surface area contributed by atoms with Crippen LogP contribution in [0.25, 0.3) is 11.6 Å². The van der Waals surface area contributed by atoms with Crippen LogP contribution in [0.1, 0.15) is 80.6 Å². The Morgan fingerprint density at radius 3 is 2.63 bits per heavy atom. The highest BCUT2D eigenvalue weighted by Gasteiger charge is 2.36. The molecule has 0 saturated carbocycles. The van der Waals surface area contributed by atoms with Crippen molar-refractivity contribution in [3.05, 3.63) is 82.2 Å². The molecule has 1 saturated heterocycles. The summed E-state index contributed by atoms with van der Waals surface area (Å²) in [7, 11) is 0. The number of pyridine rings is 1. The van der Waals surface area contributed by atoms with Crippen molar-refractivity contribution in [2.45, 2.75) is 71.4 Å². The highest BCUT2D eigenvalue weighted by atomic mass is 35.5. The third kappa shape index (κ3) is 5.80. The topological polar surface area (TPSA) is 60.2 Å².